The van der Waals surface area contributed by atoms with Gasteiger partial charge in [0.1, 0.15) is 0 Å². The number of carbonyl (C=O) groups excluding carboxylic acids is 1. The third-order valence-corrected chi connectivity index (χ3v) is 5.88. The van der Waals surface area contributed by atoms with Gasteiger partial charge in [-0.2, -0.15) is 0 Å². The summed E-state index contributed by atoms with van der Waals surface area (Å²) in [5.41, 5.74) is 2.02. The van der Waals surface area contributed by atoms with Crippen molar-refractivity contribution < 1.29 is 4.79 Å². The van der Waals surface area contributed by atoms with Gasteiger partial charge in [0.2, 0.25) is 0 Å². The molecule has 0 atom stereocenters. The molecule has 0 saturated carbocycles. The summed E-state index contributed by atoms with van der Waals surface area (Å²) in [6.45, 7) is 2.00. The zero-order chi connectivity index (χ0) is 13.3. The van der Waals surface area contributed by atoms with Crippen molar-refractivity contribution in [2.24, 2.45) is 0 Å². The van der Waals surface area contributed by atoms with Crippen LogP contribution in [-0.2, 0) is 0 Å². The molecule has 0 spiro atoms. The van der Waals surface area contributed by atoms with E-state index in [1.165, 1.54) is 11.3 Å². The molecule has 0 aliphatic rings. The van der Waals surface area contributed by atoms with E-state index in [0.29, 0.717) is 4.88 Å². The standard InChI is InChI=1S/C13H11Br2NOS/c1-8-5-3-4-6-10(8)16(2)13(17)11-7-9(14)12(15)18-11/h3-7H,1-2H3. The minimum absolute atomic E-state index is 0.000648. The lowest BCUT2D eigenvalue weighted by Gasteiger charge is -2.18. The Kier molecular flexibility index (Phi) is 4.25. The Morgan fingerprint density at radius 3 is 2.50 bits per heavy atom. The predicted octanol–water partition coefficient (Wildman–Crippen LogP) is 4.86. The number of hydrogen-bond acceptors (Lipinski definition) is 2. The summed E-state index contributed by atoms with van der Waals surface area (Å²) in [4.78, 5) is 14.7. The molecule has 0 fully saturated rings. The molecule has 1 amide bonds. The molecule has 2 aromatic rings. The van der Waals surface area contributed by atoms with Crippen molar-refractivity contribution in [1.82, 2.24) is 0 Å². The molecule has 0 N–H and O–H groups in total. The van der Waals surface area contributed by atoms with Gasteiger partial charge in [-0.3, -0.25) is 4.79 Å². The Bertz CT molecular complexity index is 575. The molecule has 0 aliphatic heterocycles. The molecule has 5 heteroatoms. The van der Waals surface area contributed by atoms with Gasteiger partial charge in [0.15, 0.2) is 0 Å². The maximum absolute atomic E-state index is 12.4. The molecule has 2 rings (SSSR count). The van der Waals surface area contributed by atoms with Crippen molar-refractivity contribution in [3.8, 4) is 0 Å². The molecule has 1 aromatic heterocycles. The first-order valence-corrected chi connectivity index (χ1v) is 7.69. The number of nitrogens with zero attached hydrogens (tertiary/aromatic N) is 1. The summed E-state index contributed by atoms with van der Waals surface area (Å²) in [6, 6.07) is 9.69. The molecule has 2 nitrogen and oxygen atoms in total. The number of aryl methyl sites for hydroxylation is 1. The molecular formula is C13H11Br2NOS. The van der Waals surface area contributed by atoms with Crippen LogP contribution in [0.4, 0.5) is 5.69 Å². The normalized spacial score (nSPS) is 10.4. The number of thiophene rings is 1. The average molecular weight is 389 g/mol. The van der Waals surface area contributed by atoms with Gasteiger partial charge in [-0.25, -0.2) is 0 Å². The van der Waals surface area contributed by atoms with Crippen LogP contribution in [0, 0.1) is 6.92 Å². The number of hydrogen-bond donors (Lipinski definition) is 0. The maximum Gasteiger partial charge on any atom is 0.268 e. The van der Waals surface area contributed by atoms with Crippen LogP contribution in [0.15, 0.2) is 38.6 Å². The second-order valence-corrected chi connectivity index (χ2v) is 7.11. The number of halogens is 2. The second-order valence-electron chi connectivity index (χ2n) is 3.88. The van der Waals surface area contributed by atoms with E-state index in [1.807, 2.05) is 37.3 Å². The molecule has 0 unspecified atom stereocenters. The minimum atomic E-state index is 0.000648. The molecular weight excluding hydrogens is 378 g/mol. The van der Waals surface area contributed by atoms with Crippen molar-refractivity contribution >= 4 is 54.8 Å². The molecule has 0 aliphatic carbocycles. The van der Waals surface area contributed by atoms with Crippen LogP contribution >= 0.6 is 43.2 Å². The van der Waals surface area contributed by atoms with E-state index >= 15 is 0 Å². The Hall–Kier alpha value is -0.650. The fraction of sp³-hybridized carbons (Fsp3) is 0.154. The van der Waals surface area contributed by atoms with E-state index in [9.17, 15) is 4.79 Å². The number of para-hydroxylation sites is 1. The molecule has 0 radical (unpaired) electrons. The minimum Gasteiger partial charge on any atom is -0.310 e. The molecule has 94 valence electrons. The van der Waals surface area contributed by atoms with E-state index in [-0.39, 0.29) is 5.91 Å². The molecule has 1 heterocycles. The summed E-state index contributed by atoms with van der Waals surface area (Å²) < 4.78 is 1.85. The van der Waals surface area contributed by atoms with E-state index in [2.05, 4.69) is 31.9 Å². The van der Waals surface area contributed by atoms with Gasteiger partial charge in [0.05, 0.1) is 8.66 Å². The van der Waals surface area contributed by atoms with Crippen LogP contribution in [-0.4, -0.2) is 13.0 Å². The van der Waals surface area contributed by atoms with Gasteiger partial charge >= 0.3 is 0 Å². The first kappa shape index (κ1) is 13.8. The van der Waals surface area contributed by atoms with Crippen LogP contribution in [0.1, 0.15) is 15.2 Å². The fourth-order valence-corrected chi connectivity index (χ4v) is 3.68. The summed E-state index contributed by atoms with van der Waals surface area (Å²) >= 11 is 8.23. The van der Waals surface area contributed by atoms with Crippen LogP contribution in [0.3, 0.4) is 0 Å². The number of benzene rings is 1. The number of amides is 1. The van der Waals surface area contributed by atoms with Crippen LogP contribution in [0.5, 0.6) is 0 Å². The summed E-state index contributed by atoms with van der Waals surface area (Å²) in [5, 5.41) is 0. The third-order valence-electron chi connectivity index (χ3n) is 2.64. The second kappa shape index (κ2) is 5.55. The van der Waals surface area contributed by atoms with E-state index in [1.54, 1.807) is 11.9 Å². The van der Waals surface area contributed by atoms with Gasteiger partial charge in [-0.15, -0.1) is 11.3 Å². The number of anilines is 1. The Labute approximate surface area is 127 Å². The maximum atomic E-state index is 12.4. The molecule has 0 saturated heterocycles. The fourth-order valence-electron chi connectivity index (χ4n) is 1.67. The average Bonchev–Trinajstić information content (AvgIpc) is 2.68. The Balaban J connectivity index is 2.32. The van der Waals surface area contributed by atoms with Crippen molar-refractivity contribution in [3.05, 3.63) is 49.0 Å². The lowest BCUT2D eigenvalue weighted by Crippen LogP contribution is -2.26. The van der Waals surface area contributed by atoms with Gasteiger partial charge in [-0.1, -0.05) is 18.2 Å². The number of rotatable bonds is 2. The SMILES string of the molecule is Cc1ccccc1N(C)C(=O)c1cc(Br)c(Br)s1. The topological polar surface area (TPSA) is 20.3 Å². The predicted molar refractivity (Wildman–Crippen MR) is 83.6 cm³/mol. The monoisotopic (exact) mass is 387 g/mol. The highest BCUT2D eigenvalue weighted by Gasteiger charge is 2.18. The molecule has 18 heavy (non-hydrogen) atoms. The quantitative estimate of drug-likeness (QED) is 0.719. The van der Waals surface area contributed by atoms with E-state index in [4.69, 9.17) is 0 Å². The lowest BCUT2D eigenvalue weighted by molar-refractivity contribution is 0.0996. The molecule has 1 aromatic carbocycles. The summed E-state index contributed by atoms with van der Waals surface area (Å²) in [6.07, 6.45) is 0. The smallest absolute Gasteiger partial charge is 0.268 e. The Morgan fingerprint density at radius 1 is 1.28 bits per heavy atom. The van der Waals surface area contributed by atoms with Gasteiger partial charge in [0, 0.05) is 17.2 Å². The van der Waals surface area contributed by atoms with E-state index < -0.39 is 0 Å². The van der Waals surface area contributed by atoms with Crippen LogP contribution in [0.25, 0.3) is 0 Å². The van der Waals surface area contributed by atoms with Crippen molar-refractivity contribution in [3.63, 3.8) is 0 Å². The zero-order valence-corrected chi connectivity index (χ0v) is 13.9. The van der Waals surface area contributed by atoms with Gasteiger partial charge < -0.3 is 4.90 Å². The van der Waals surface area contributed by atoms with Gasteiger partial charge in [0.25, 0.3) is 5.91 Å². The number of carbonyl (C=O) groups is 1. The first-order chi connectivity index (χ1) is 8.50. The highest BCUT2D eigenvalue weighted by atomic mass is 79.9. The summed E-state index contributed by atoms with van der Waals surface area (Å²) in [7, 11) is 1.80. The highest BCUT2D eigenvalue weighted by molar-refractivity contribution is 9.13. The van der Waals surface area contributed by atoms with Crippen LogP contribution in [0.2, 0.25) is 0 Å². The van der Waals surface area contributed by atoms with Crippen molar-refractivity contribution in [2.45, 2.75) is 6.92 Å². The van der Waals surface area contributed by atoms with Crippen molar-refractivity contribution in [2.75, 3.05) is 11.9 Å². The largest absolute Gasteiger partial charge is 0.310 e. The third kappa shape index (κ3) is 2.68. The van der Waals surface area contributed by atoms with Crippen molar-refractivity contribution in [1.29, 1.82) is 0 Å². The van der Waals surface area contributed by atoms with Gasteiger partial charge in [-0.05, 0) is 56.5 Å². The zero-order valence-electron chi connectivity index (χ0n) is 9.91. The van der Waals surface area contributed by atoms with Crippen LogP contribution < -0.4 is 4.90 Å². The van der Waals surface area contributed by atoms with E-state index in [0.717, 1.165) is 19.5 Å². The molecule has 0 bridgehead atoms. The highest BCUT2D eigenvalue weighted by Crippen LogP contribution is 2.33. The lowest BCUT2D eigenvalue weighted by atomic mass is 10.2. The Morgan fingerprint density at radius 2 is 1.94 bits per heavy atom. The first-order valence-electron chi connectivity index (χ1n) is 5.29. The summed E-state index contributed by atoms with van der Waals surface area (Å²) in [5.74, 6) is 0.000648.